The van der Waals surface area contributed by atoms with Crippen LogP contribution in [-0.4, -0.2) is 29.3 Å². The highest BCUT2D eigenvalue weighted by atomic mass is 35.5. The van der Waals surface area contributed by atoms with E-state index in [4.69, 9.17) is 61.3 Å². The molecule has 2 saturated carbocycles. The number of rotatable bonds is 11. The van der Waals surface area contributed by atoms with E-state index in [1.165, 1.54) is 46.6 Å². The summed E-state index contributed by atoms with van der Waals surface area (Å²) >= 11 is 12.8. The Hall–Kier alpha value is -1.84. The van der Waals surface area contributed by atoms with Crippen LogP contribution >= 0.6 is 38.8 Å². The van der Waals surface area contributed by atoms with Crippen LogP contribution in [0, 0.1) is 23.7 Å². The molecule has 9 unspecified atom stereocenters. The van der Waals surface area contributed by atoms with E-state index in [0.717, 1.165) is 103 Å². The van der Waals surface area contributed by atoms with Gasteiger partial charge in [-0.15, -0.1) is 0 Å². The summed E-state index contributed by atoms with van der Waals surface area (Å²) in [5.74, 6) is -3.89. The maximum atomic E-state index is 12.0. The van der Waals surface area contributed by atoms with Crippen molar-refractivity contribution in [2.75, 3.05) is 13.2 Å². The van der Waals surface area contributed by atoms with Crippen LogP contribution in [0.15, 0.2) is 58.7 Å². The van der Waals surface area contributed by atoms with Gasteiger partial charge in [-0.25, -0.2) is 9.78 Å². The Bertz CT molecular complexity index is 2070. The summed E-state index contributed by atoms with van der Waals surface area (Å²) < 4.78 is 47.5. The number of allylic oxidation sites excluding steroid dienone is 2. The average Bonchev–Trinajstić information content (AvgIpc) is 3.19. The van der Waals surface area contributed by atoms with Crippen LogP contribution < -0.4 is 23.7 Å². The predicted molar refractivity (Wildman–Crippen MR) is 209 cm³/mol. The first kappa shape index (κ1) is 42.1. The van der Waals surface area contributed by atoms with Crippen LogP contribution in [0.1, 0.15) is 114 Å². The van der Waals surface area contributed by atoms with Gasteiger partial charge in [0.15, 0.2) is 11.2 Å². The van der Waals surface area contributed by atoms with Crippen molar-refractivity contribution in [1.29, 1.82) is 0 Å². The zero-order valence-electron chi connectivity index (χ0n) is 32.9. The second-order valence-corrected chi connectivity index (χ2v) is 20.7. The average molecular weight is 909 g/mol. The molecule has 2 saturated heterocycles. The molecule has 0 amide bonds. The van der Waals surface area contributed by atoms with Gasteiger partial charge in [0.05, 0.1) is 23.3 Å². The molecule has 0 radical (unpaired) electrons. The zero-order chi connectivity index (χ0) is 41.7. The maximum Gasteiger partial charge on any atom is 0.317 e. The molecule has 0 aromatic heterocycles. The summed E-state index contributed by atoms with van der Waals surface area (Å²) in [7, 11) is -10.7. The molecule has 10 rings (SSSR count). The number of benzene rings is 2. The minimum absolute atomic E-state index is 0.00138. The van der Waals surface area contributed by atoms with Crippen LogP contribution in [0.25, 0.3) is 0 Å². The Morgan fingerprint density at radius 2 is 1.08 bits per heavy atom. The predicted octanol–water partition coefficient (Wildman–Crippen LogP) is 7.86. The van der Waals surface area contributed by atoms with Crippen LogP contribution in [-0.2, 0) is 49.7 Å². The number of phosphoric ester groups is 2. The van der Waals surface area contributed by atoms with Crippen molar-refractivity contribution >= 4 is 38.8 Å². The van der Waals surface area contributed by atoms with Crippen LogP contribution in [0.4, 0.5) is 0 Å². The summed E-state index contributed by atoms with van der Waals surface area (Å²) in [6, 6.07) is 9.06. The zero-order valence-corrected chi connectivity index (χ0v) is 36.2. The van der Waals surface area contributed by atoms with E-state index in [9.17, 15) is 28.7 Å². The molecule has 2 aliphatic heterocycles. The number of ether oxygens (including phenoxy) is 2. The highest BCUT2D eigenvalue weighted by Crippen LogP contribution is 2.69. The maximum absolute atomic E-state index is 12.0. The lowest BCUT2D eigenvalue weighted by molar-refractivity contribution is -0.649. The van der Waals surface area contributed by atoms with E-state index >= 15 is 0 Å². The Kier molecular flexibility index (Phi) is 10.8. The first-order valence-corrected chi connectivity index (χ1v) is 24.9. The first-order chi connectivity index (χ1) is 28.7. The molecular formula is C42H47Cl2O14P2-3. The topological polar surface area (TPSA) is 197 Å². The number of fused-ring (bicyclic) bond motifs is 2. The molecule has 8 aliphatic rings. The van der Waals surface area contributed by atoms with Crippen LogP contribution in [0.2, 0.25) is 10.0 Å². The smallest absolute Gasteiger partial charge is 0.317 e. The highest BCUT2D eigenvalue weighted by molar-refractivity contribution is 7.45. The van der Waals surface area contributed by atoms with Crippen molar-refractivity contribution < 1.29 is 66.8 Å². The quantitative estimate of drug-likeness (QED) is 0.0990. The van der Waals surface area contributed by atoms with Crippen molar-refractivity contribution in [3.63, 3.8) is 0 Å². The van der Waals surface area contributed by atoms with E-state index in [1.54, 1.807) is 12.1 Å². The number of hydrogen-bond donors (Lipinski definition) is 1. The van der Waals surface area contributed by atoms with Gasteiger partial charge in [-0.05, 0) is 114 Å². The van der Waals surface area contributed by atoms with Crippen LogP contribution in [0.5, 0.6) is 11.5 Å². The van der Waals surface area contributed by atoms with E-state index in [2.05, 4.69) is 0 Å². The second kappa shape index (κ2) is 15.4. The van der Waals surface area contributed by atoms with Crippen molar-refractivity contribution in [3.05, 3.63) is 79.9 Å². The fraction of sp³-hybridized carbons (Fsp3) is 0.619. The standard InChI is InChI=1S/C42H50Cl2O14P2/c43-35-17-15-29(23-37(35)53-59(45,46)47)41(39(55-57-41)27-9-5-13-33(39)31-11-3-1-7-25(31)21-27)51-19-20-52-42(30-16-18-36(44)38(24-30)54-60(48,49)50)40(56-58-42)28-10-6-14-34(40)32-12-4-2-8-26(32)22-28/h15-18,23-24,27-28,33-34H,1-14,19-22H2,(H2,45,46,47)(H2,48,49,50)/p-3. The molecule has 4 fully saturated rings. The SMILES string of the molecule is O=P([O-])([O-])Oc1cc(C2(OCCOC3(c4ccc(Cl)c(OP(=O)([O-])O)c4)OOC34C3CCCC4C4=C(CCCC4)C3)OOC23C2CCCC3C3=C(CCCC3)C2)ccc1Cl. The fourth-order valence-electron chi connectivity index (χ4n) is 12.7. The van der Waals surface area contributed by atoms with Crippen molar-refractivity contribution in [2.45, 2.75) is 126 Å². The first-order valence-electron chi connectivity index (χ1n) is 21.2. The van der Waals surface area contributed by atoms with E-state index in [1.807, 2.05) is 0 Å². The Morgan fingerprint density at radius 1 is 0.633 bits per heavy atom. The molecule has 1 N–H and O–H groups in total. The van der Waals surface area contributed by atoms with Gasteiger partial charge in [0.25, 0.3) is 11.6 Å². The molecule has 2 spiro atoms. The Balaban J connectivity index is 1.03. The Labute approximate surface area is 358 Å². The third-order valence-electron chi connectivity index (χ3n) is 14.8. The lowest BCUT2D eigenvalue weighted by Crippen LogP contribution is -2.75. The largest absolute Gasteiger partial charge is 0.780 e. The summed E-state index contributed by atoms with van der Waals surface area (Å²) in [5, 5.41) is -0.123. The molecule has 2 aromatic rings. The van der Waals surface area contributed by atoms with Gasteiger partial charge >= 0.3 is 7.82 Å². The molecule has 2 aromatic carbocycles. The van der Waals surface area contributed by atoms with Crippen molar-refractivity contribution in [1.82, 2.24) is 0 Å². The van der Waals surface area contributed by atoms with Gasteiger partial charge in [-0.3, -0.25) is 4.57 Å². The second-order valence-electron chi connectivity index (χ2n) is 17.7. The van der Waals surface area contributed by atoms with E-state index in [-0.39, 0.29) is 58.4 Å². The fourth-order valence-corrected chi connectivity index (χ4v) is 13.9. The molecule has 60 heavy (non-hydrogen) atoms. The molecule has 2 heterocycles. The lowest BCUT2D eigenvalue weighted by Gasteiger charge is -2.66. The van der Waals surface area contributed by atoms with E-state index in [0.29, 0.717) is 11.1 Å². The van der Waals surface area contributed by atoms with Gasteiger partial charge < -0.3 is 42.7 Å². The van der Waals surface area contributed by atoms with Crippen molar-refractivity contribution in [2.24, 2.45) is 23.7 Å². The van der Waals surface area contributed by atoms with Gasteiger partial charge in [0, 0.05) is 34.8 Å². The van der Waals surface area contributed by atoms with E-state index < -0.39 is 38.4 Å². The normalized spacial score (nSPS) is 36.8. The summed E-state index contributed by atoms with van der Waals surface area (Å²) in [6.07, 6.45) is 15.4. The molecule has 14 nitrogen and oxygen atoms in total. The number of hydrogen-bond acceptors (Lipinski definition) is 13. The molecule has 9 atom stereocenters. The molecule has 4 bridgehead atoms. The molecule has 18 heteroatoms. The number of halogens is 2. The van der Waals surface area contributed by atoms with Crippen molar-refractivity contribution in [3.8, 4) is 11.5 Å². The van der Waals surface area contributed by atoms with Gasteiger partial charge in [0.1, 0.15) is 19.3 Å². The number of phosphoric acid groups is 2. The molecule has 326 valence electrons. The van der Waals surface area contributed by atoms with Gasteiger partial charge in [0.2, 0.25) is 0 Å². The van der Waals surface area contributed by atoms with Crippen LogP contribution in [0.3, 0.4) is 0 Å². The third kappa shape index (κ3) is 6.58. The lowest BCUT2D eigenvalue weighted by atomic mass is 9.53. The molecule has 6 aliphatic carbocycles. The highest BCUT2D eigenvalue weighted by Gasteiger charge is 2.77. The monoisotopic (exact) mass is 907 g/mol. The summed E-state index contributed by atoms with van der Waals surface area (Å²) in [4.78, 5) is 70.5. The minimum Gasteiger partial charge on any atom is -0.780 e. The summed E-state index contributed by atoms with van der Waals surface area (Å²) in [5.41, 5.74) is 4.47. The third-order valence-corrected chi connectivity index (χ3v) is 16.3. The summed E-state index contributed by atoms with van der Waals surface area (Å²) in [6.45, 7) is -0.183. The molecular weight excluding hydrogens is 861 g/mol. The van der Waals surface area contributed by atoms with Gasteiger partial charge in [-0.1, -0.05) is 70.5 Å². The van der Waals surface area contributed by atoms with Gasteiger partial charge in [-0.2, -0.15) is 9.78 Å². The Morgan fingerprint density at radius 3 is 1.50 bits per heavy atom. The minimum atomic E-state index is -5.50.